The maximum Gasteiger partial charge on any atom is 0.274 e. The number of nitrogens with zero attached hydrogens (tertiary/aromatic N) is 1. The number of para-hydroxylation sites is 1. The second-order valence-electron chi connectivity index (χ2n) is 6.83. The highest BCUT2D eigenvalue weighted by Crippen LogP contribution is 2.52. The molecule has 1 aliphatic carbocycles. The molecular weight excluding hydrogens is 300 g/mol. The SMILES string of the molecule is Cc1cc(C)c2c(c1)N[C@H](c1ccccc1[N+](=O)[O-])[C@H]1CC=C[C@H]21. The monoisotopic (exact) mass is 320 g/mol. The van der Waals surface area contributed by atoms with Gasteiger partial charge in [-0.25, -0.2) is 0 Å². The van der Waals surface area contributed by atoms with Gasteiger partial charge in [-0.3, -0.25) is 10.1 Å². The van der Waals surface area contributed by atoms with Crippen LogP contribution in [0.5, 0.6) is 0 Å². The Labute approximate surface area is 141 Å². The molecule has 0 unspecified atom stereocenters. The molecule has 24 heavy (non-hydrogen) atoms. The normalized spacial score (nSPS) is 24.2. The second kappa shape index (κ2) is 5.48. The van der Waals surface area contributed by atoms with E-state index < -0.39 is 0 Å². The van der Waals surface area contributed by atoms with Crippen molar-refractivity contribution in [1.82, 2.24) is 0 Å². The summed E-state index contributed by atoms with van der Waals surface area (Å²) in [5.74, 6) is 0.645. The van der Waals surface area contributed by atoms with Crippen LogP contribution in [0.4, 0.5) is 11.4 Å². The number of nitro groups is 1. The largest absolute Gasteiger partial charge is 0.377 e. The van der Waals surface area contributed by atoms with E-state index in [0.717, 1.165) is 17.7 Å². The van der Waals surface area contributed by atoms with E-state index >= 15 is 0 Å². The summed E-state index contributed by atoms with van der Waals surface area (Å²) < 4.78 is 0. The Hall–Kier alpha value is -2.62. The second-order valence-corrected chi connectivity index (χ2v) is 6.83. The number of hydrogen-bond donors (Lipinski definition) is 1. The zero-order chi connectivity index (χ0) is 16.8. The highest BCUT2D eigenvalue weighted by Gasteiger charge is 2.40. The smallest absolute Gasteiger partial charge is 0.274 e. The van der Waals surface area contributed by atoms with Crippen molar-refractivity contribution in [3.05, 3.63) is 80.9 Å². The van der Waals surface area contributed by atoms with Gasteiger partial charge in [-0.05, 0) is 48.9 Å². The molecule has 2 aliphatic rings. The van der Waals surface area contributed by atoms with Gasteiger partial charge in [0.1, 0.15) is 0 Å². The molecule has 4 rings (SSSR count). The van der Waals surface area contributed by atoms with Gasteiger partial charge in [0, 0.05) is 17.7 Å². The molecular formula is C20H20N2O2. The minimum Gasteiger partial charge on any atom is -0.377 e. The highest BCUT2D eigenvalue weighted by atomic mass is 16.6. The van der Waals surface area contributed by atoms with Crippen molar-refractivity contribution in [3.63, 3.8) is 0 Å². The first kappa shape index (κ1) is 14.9. The molecule has 0 spiro atoms. The predicted octanol–water partition coefficient (Wildman–Crippen LogP) is 5.04. The molecule has 2 aromatic carbocycles. The van der Waals surface area contributed by atoms with Crippen molar-refractivity contribution in [2.75, 3.05) is 5.32 Å². The molecule has 1 heterocycles. The first-order valence-electron chi connectivity index (χ1n) is 8.34. The fourth-order valence-electron chi connectivity index (χ4n) is 4.37. The van der Waals surface area contributed by atoms with Crippen LogP contribution in [0, 0.1) is 29.9 Å². The number of nitro benzene ring substituents is 1. The van der Waals surface area contributed by atoms with Gasteiger partial charge < -0.3 is 5.32 Å². The van der Waals surface area contributed by atoms with E-state index in [1.165, 1.54) is 16.7 Å². The summed E-state index contributed by atoms with van der Waals surface area (Å²) in [4.78, 5) is 11.2. The third-order valence-electron chi connectivity index (χ3n) is 5.29. The molecule has 0 amide bonds. The lowest BCUT2D eigenvalue weighted by Crippen LogP contribution is -2.30. The fraction of sp³-hybridized carbons (Fsp3) is 0.300. The Balaban J connectivity index is 1.86. The Morgan fingerprint density at radius 3 is 2.79 bits per heavy atom. The average Bonchev–Trinajstić information content (AvgIpc) is 3.02. The van der Waals surface area contributed by atoms with Crippen LogP contribution in [0.2, 0.25) is 0 Å². The maximum absolute atomic E-state index is 11.5. The summed E-state index contributed by atoms with van der Waals surface area (Å²) >= 11 is 0. The van der Waals surface area contributed by atoms with Gasteiger partial charge in [0.15, 0.2) is 0 Å². The highest BCUT2D eigenvalue weighted by molar-refractivity contribution is 5.64. The van der Waals surface area contributed by atoms with Crippen molar-refractivity contribution < 1.29 is 4.92 Å². The summed E-state index contributed by atoms with van der Waals surface area (Å²) in [6, 6.07) is 11.4. The predicted molar refractivity (Wildman–Crippen MR) is 95.4 cm³/mol. The Morgan fingerprint density at radius 2 is 2.00 bits per heavy atom. The lowest BCUT2D eigenvalue weighted by atomic mass is 9.75. The van der Waals surface area contributed by atoms with Gasteiger partial charge >= 0.3 is 0 Å². The van der Waals surface area contributed by atoms with Crippen molar-refractivity contribution in [2.45, 2.75) is 32.2 Å². The molecule has 0 radical (unpaired) electrons. The van der Waals surface area contributed by atoms with E-state index in [4.69, 9.17) is 0 Å². The Bertz CT molecular complexity index is 857. The van der Waals surface area contributed by atoms with Gasteiger partial charge in [-0.2, -0.15) is 0 Å². The van der Waals surface area contributed by atoms with Crippen LogP contribution in [0.3, 0.4) is 0 Å². The quantitative estimate of drug-likeness (QED) is 0.479. The van der Waals surface area contributed by atoms with Gasteiger partial charge in [0.25, 0.3) is 5.69 Å². The van der Waals surface area contributed by atoms with Crippen LogP contribution in [-0.2, 0) is 0 Å². The molecule has 3 atom stereocenters. The van der Waals surface area contributed by atoms with Crippen LogP contribution < -0.4 is 5.32 Å². The van der Waals surface area contributed by atoms with Crippen LogP contribution in [0.25, 0.3) is 0 Å². The van der Waals surface area contributed by atoms with Crippen molar-refractivity contribution in [2.24, 2.45) is 5.92 Å². The molecule has 0 bridgehead atoms. The molecule has 0 fully saturated rings. The molecule has 2 aromatic rings. The topological polar surface area (TPSA) is 55.2 Å². The lowest BCUT2D eigenvalue weighted by Gasteiger charge is -2.38. The molecule has 122 valence electrons. The third kappa shape index (κ3) is 2.21. The number of rotatable bonds is 2. The van der Waals surface area contributed by atoms with Crippen LogP contribution in [0.15, 0.2) is 48.6 Å². The summed E-state index contributed by atoms with van der Waals surface area (Å²) in [5.41, 5.74) is 5.94. The number of anilines is 1. The number of hydrogen-bond acceptors (Lipinski definition) is 3. The summed E-state index contributed by atoms with van der Waals surface area (Å²) in [6.45, 7) is 4.24. The van der Waals surface area contributed by atoms with Crippen molar-refractivity contribution in [3.8, 4) is 0 Å². The molecule has 1 N–H and O–H groups in total. The number of benzene rings is 2. The number of aryl methyl sites for hydroxylation is 2. The van der Waals surface area contributed by atoms with Gasteiger partial charge in [-0.15, -0.1) is 0 Å². The van der Waals surface area contributed by atoms with E-state index in [2.05, 4.69) is 43.4 Å². The molecule has 0 saturated heterocycles. The third-order valence-corrected chi connectivity index (χ3v) is 5.29. The standard InChI is InChI=1S/C20H20N2O2/c1-12-10-13(2)19-14-7-5-8-15(14)20(21-17(19)11-12)16-6-3-4-9-18(16)22(23)24/h3-7,9-11,14-15,20-21H,8H2,1-2H3/t14-,15-,20-/m0/s1. The average molecular weight is 320 g/mol. The molecule has 4 heteroatoms. The van der Waals surface area contributed by atoms with E-state index in [1.807, 2.05) is 12.1 Å². The number of allylic oxidation sites excluding steroid dienone is 2. The summed E-state index contributed by atoms with van der Waals surface area (Å²) in [6.07, 6.45) is 5.43. The van der Waals surface area contributed by atoms with E-state index in [1.54, 1.807) is 12.1 Å². The summed E-state index contributed by atoms with van der Waals surface area (Å²) in [5, 5.41) is 15.1. The zero-order valence-corrected chi connectivity index (χ0v) is 13.8. The number of fused-ring (bicyclic) bond motifs is 3. The van der Waals surface area contributed by atoms with E-state index in [-0.39, 0.29) is 16.7 Å². The van der Waals surface area contributed by atoms with Gasteiger partial charge in [0.05, 0.1) is 16.5 Å². The van der Waals surface area contributed by atoms with E-state index in [0.29, 0.717) is 11.8 Å². The van der Waals surface area contributed by atoms with Gasteiger partial charge in [0.2, 0.25) is 0 Å². The minimum absolute atomic E-state index is 0.0414. The van der Waals surface area contributed by atoms with Gasteiger partial charge in [-0.1, -0.05) is 36.4 Å². The first-order chi connectivity index (χ1) is 11.6. The van der Waals surface area contributed by atoms with Crippen LogP contribution in [-0.4, -0.2) is 4.92 Å². The Kier molecular flexibility index (Phi) is 3.41. The van der Waals surface area contributed by atoms with Crippen molar-refractivity contribution in [1.29, 1.82) is 0 Å². The maximum atomic E-state index is 11.5. The molecule has 4 nitrogen and oxygen atoms in total. The van der Waals surface area contributed by atoms with E-state index in [9.17, 15) is 10.1 Å². The van der Waals surface area contributed by atoms with Crippen LogP contribution in [0.1, 0.15) is 40.6 Å². The van der Waals surface area contributed by atoms with Crippen LogP contribution >= 0.6 is 0 Å². The molecule has 0 saturated carbocycles. The molecule has 0 aromatic heterocycles. The Morgan fingerprint density at radius 1 is 1.21 bits per heavy atom. The first-order valence-corrected chi connectivity index (χ1v) is 8.34. The fourth-order valence-corrected chi connectivity index (χ4v) is 4.37. The number of nitrogens with one attached hydrogen (secondary N) is 1. The minimum atomic E-state index is -0.272. The lowest BCUT2D eigenvalue weighted by molar-refractivity contribution is -0.385. The summed E-state index contributed by atoms with van der Waals surface area (Å²) in [7, 11) is 0. The zero-order valence-electron chi connectivity index (χ0n) is 13.8. The van der Waals surface area contributed by atoms with Crippen molar-refractivity contribution >= 4 is 11.4 Å². The molecule has 1 aliphatic heterocycles.